The van der Waals surface area contributed by atoms with E-state index in [9.17, 15) is 0 Å². The molecule has 24 heavy (non-hydrogen) atoms. The van der Waals surface area contributed by atoms with Crippen molar-refractivity contribution in [2.24, 2.45) is 16.3 Å². The van der Waals surface area contributed by atoms with E-state index in [2.05, 4.69) is 43.3 Å². The molecule has 0 spiro atoms. The van der Waals surface area contributed by atoms with Crippen molar-refractivity contribution in [3.05, 3.63) is 0 Å². The second-order valence-corrected chi connectivity index (χ2v) is 7.48. The summed E-state index contributed by atoms with van der Waals surface area (Å²) < 4.78 is 11.1. The lowest BCUT2D eigenvalue weighted by atomic mass is 9.92. The van der Waals surface area contributed by atoms with E-state index in [1.807, 2.05) is 0 Å². The molecule has 1 aliphatic heterocycles. The first-order valence-corrected chi connectivity index (χ1v) is 9.19. The van der Waals surface area contributed by atoms with Crippen LogP contribution in [0.4, 0.5) is 0 Å². The quantitative estimate of drug-likeness (QED) is 0.242. The van der Waals surface area contributed by atoms with E-state index in [-0.39, 0.29) is 24.0 Å². The van der Waals surface area contributed by atoms with Gasteiger partial charge < -0.3 is 20.1 Å². The minimum Gasteiger partial charge on any atom is -0.381 e. The molecule has 2 N–H and O–H groups in total. The van der Waals surface area contributed by atoms with Gasteiger partial charge in [0.1, 0.15) is 0 Å². The number of hydrogen-bond donors (Lipinski definition) is 2. The van der Waals surface area contributed by atoms with Crippen molar-refractivity contribution in [2.75, 3.05) is 46.1 Å². The summed E-state index contributed by atoms with van der Waals surface area (Å²) in [5, 5.41) is 6.70. The van der Waals surface area contributed by atoms with Crippen LogP contribution in [-0.4, -0.2) is 52.0 Å². The topological polar surface area (TPSA) is 54.9 Å². The SMILES string of the molecule is CCNC(=NCCCOCC1CCOCC1)NCCC(C)(C)C.I. The Morgan fingerprint density at radius 1 is 1.21 bits per heavy atom. The Morgan fingerprint density at radius 3 is 2.54 bits per heavy atom. The molecule has 0 amide bonds. The van der Waals surface area contributed by atoms with Crippen molar-refractivity contribution in [2.45, 2.75) is 53.4 Å². The normalized spacial score (nSPS) is 16.6. The van der Waals surface area contributed by atoms with Crippen LogP contribution < -0.4 is 10.6 Å². The number of nitrogens with one attached hydrogen (secondary N) is 2. The molecule has 0 unspecified atom stereocenters. The van der Waals surface area contributed by atoms with Crippen molar-refractivity contribution in [3.63, 3.8) is 0 Å². The Hall–Kier alpha value is -0.0800. The van der Waals surface area contributed by atoms with Crippen LogP contribution in [0.3, 0.4) is 0 Å². The van der Waals surface area contributed by atoms with Crippen LogP contribution in [0.25, 0.3) is 0 Å². The minimum absolute atomic E-state index is 0. The van der Waals surface area contributed by atoms with Gasteiger partial charge in [0.2, 0.25) is 0 Å². The molecule has 0 bridgehead atoms. The molecule has 1 aliphatic rings. The number of halogens is 1. The van der Waals surface area contributed by atoms with Crippen molar-refractivity contribution in [1.82, 2.24) is 10.6 Å². The Balaban J connectivity index is 0.00000529. The Bertz CT molecular complexity index is 327. The van der Waals surface area contributed by atoms with Gasteiger partial charge in [0, 0.05) is 46.1 Å². The average Bonchev–Trinajstić information content (AvgIpc) is 2.50. The van der Waals surface area contributed by atoms with E-state index < -0.39 is 0 Å². The molecule has 1 saturated heterocycles. The lowest BCUT2D eigenvalue weighted by molar-refractivity contribution is 0.0205. The van der Waals surface area contributed by atoms with Crippen molar-refractivity contribution in [1.29, 1.82) is 0 Å². The third kappa shape index (κ3) is 13.2. The van der Waals surface area contributed by atoms with Gasteiger partial charge in [-0.05, 0) is 43.9 Å². The molecule has 1 rings (SSSR count). The van der Waals surface area contributed by atoms with Crippen LogP contribution in [0, 0.1) is 11.3 Å². The Labute approximate surface area is 165 Å². The summed E-state index contributed by atoms with van der Waals surface area (Å²) in [6.07, 6.45) is 4.38. The maximum absolute atomic E-state index is 5.78. The summed E-state index contributed by atoms with van der Waals surface area (Å²) in [6.45, 7) is 15.0. The zero-order valence-electron chi connectivity index (χ0n) is 16.0. The number of guanidine groups is 1. The van der Waals surface area contributed by atoms with Crippen LogP contribution >= 0.6 is 24.0 Å². The van der Waals surface area contributed by atoms with Crippen LogP contribution in [0.1, 0.15) is 53.4 Å². The van der Waals surface area contributed by atoms with Gasteiger partial charge >= 0.3 is 0 Å². The minimum atomic E-state index is 0. The Kier molecular flexibility index (Phi) is 14.1. The van der Waals surface area contributed by atoms with Crippen molar-refractivity contribution < 1.29 is 9.47 Å². The smallest absolute Gasteiger partial charge is 0.191 e. The van der Waals surface area contributed by atoms with Gasteiger partial charge in [0.15, 0.2) is 5.96 Å². The fourth-order valence-corrected chi connectivity index (χ4v) is 2.42. The first-order chi connectivity index (χ1) is 11.0. The molecular weight excluding hydrogens is 417 g/mol. The molecule has 144 valence electrons. The molecule has 0 aromatic heterocycles. The molecule has 0 radical (unpaired) electrons. The average molecular weight is 455 g/mol. The summed E-state index contributed by atoms with van der Waals surface area (Å²) in [4.78, 5) is 4.61. The summed E-state index contributed by atoms with van der Waals surface area (Å²) in [5.41, 5.74) is 0.350. The largest absolute Gasteiger partial charge is 0.381 e. The van der Waals surface area contributed by atoms with Gasteiger partial charge in [0.25, 0.3) is 0 Å². The highest BCUT2D eigenvalue weighted by Crippen LogP contribution is 2.17. The predicted molar refractivity (Wildman–Crippen MR) is 112 cm³/mol. The van der Waals surface area contributed by atoms with E-state index in [4.69, 9.17) is 9.47 Å². The van der Waals surface area contributed by atoms with Crippen molar-refractivity contribution >= 4 is 29.9 Å². The molecule has 0 aromatic carbocycles. The number of hydrogen-bond acceptors (Lipinski definition) is 3. The molecule has 0 atom stereocenters. The zero-order valence-corrected chi connectivity index (χ0v) is 18.4. The molecular formula is C18H38IN3O2. The van der Waals surface area contributed by atoms with Crippen LogP contribution in [0.5, 0.6) is 0 Å². The molecule has 1 heterocycles. The summed E-state index contributed by atoms with van der Waals surface area (Å²) in [7, 11) is 0. The predicted octanol–water partition coefficient (Wildman–Crippen LogP) is 3.43. The van der Waals surface area contributed by atoms with E-state index in [1.54, 1.807) is 0 Å². The second-order valence-electron chi connectivity index (χ2n) is 7.48. The van der Waals surface area contributed by atoms with Gasteiger partial charge in [-0.3, -0.25) is 4.99 Å². The second kappa shape index (κ2) is 14.1. The van der Waals surface area contributed by atoms with Crippen molar-refractivity contribution in [3.8, 4) is 0 Å². The third-order valence-electron chi connectivity index (χ3n) is 3.92. The fraction of sp³-hybridized carbons (Fsp3) is 0.944. The number of rotatable bonds is 9. The molecule has 5 nitrogen and oxygen atoms in total. The lowest BCUT2D eigenvalue weighted by Crippen LogP contribution is -2.38. The maximum atomic E-state index is 5.78. The highest BCUT2D eigenvalue weighted by atomic mass is 127. The summed E-state index contributed by atoms with van der Waals surface area (Å²) in [6, 6.07) is 0. The van der Waals surface area contributed by atoms with Crippen LogP contribution in [0.2, 0.25) is 0 Å². The highest BCUT2D eigenvalue weighted by molar-refractivity contribution is 14.0. The van der Waals surface area contributed by atoms with E-state index in [1.165, 1.54) is 0 Å². The number of aliphatic imine (C=N–C) groups is 1. The van der Waals surface area contributed by atoms with Gasteiger partial charge in [-0.2, -0.15) is 0 Å². The summed E-state index contributed by atoms with van der Waals surface area (Å²) in [5.74, 6) is 1.60. The molecule has 1 fully saturated rings. The molecule has 0 aromatic rings. The third-order valence-corrected chi connectivity index (χ3v) is 3.92. The Morgan fingerprint density at radius 2 is 1.92 bits per heavy atom. The first kappa shape index (κ1) is 23.9. The van der Waals surface area contributed by atoms with E-state index >= 15 is 0 Å². The number of nitrogens with zero attached hydrogens (tertiary/aromatic N) is 1. The van der Waals surface area contributed by atoms with Gasteiger partial charge in [-0.25, -0.2) is 0 Å². The standard InChI is InChI=1S/C18H37N3O2.HI/c1-5-19-17(21-11-9-18(2,3)4)20-10-6-12-23-15-16-7-13-22-14-8-16;/h16H,5-15H2,1-4H3,(H2,19,20,21);1H. The fourth-order valence-electron chi connectivity index (χ4n) is 2.42. The van der Waals surface area contributed by atoms with Gasteiger partial charge in [-0.15, -0.1) is 24.0 Å². The number of ether oxygens (including phenoxy) is 2. The van der Waals surface area contributed by atoms with Gasteiger partial charge in [-0.1, -0.05) is 20.8 Å². The monoisotopic (exact) mass is 455 g/mol. The van der Waals surface area contributed by atoms with Crippen LogP contribution in [-0.2, 0) is 9.47 Å². The summed E-state index contributed by atoms with van der Waals surface area (Å²) >= 11 is 0. The molecule has 6 heteroatoms. The van der Waals surface area contributed by atoms with E-state index in [0.29, 0.717) is 11.3 Å². The van der Waals surface area contributed by atoms with Crippen LogP contribution in [0.15, 0.2) is 4.99 Å². The lowest BCUT2D eigenvalue weighted by Gasteiger charge is -2.21. The highest BCUT2D eigenvalue weighted by Gasteiger charge is 2.13. The van der Waals surface area contributed by atoms with Gasteiger partial charge in [0.05, 0.1) is 0 Å². The first-order valence-electron chi connectivity index (χ1n) is 9.19. The zero-order chi connectivity index (χ0) is 17.0. The maximum Gasteiger partial charge on any atom is 0.191 e. The van der Waals surface area contributed by atoms with E-state index in [0.717, 1.165) is 77.7 Å². The molecule has 0 saturated carbocycles. The molecule has 0 aliphatic carbocycles.